The highest BCUT2D eigenvalue weighted by Gasteiger charge is 2.35. The first-order valence-electron chi connectivity index (χ1n) is 3.50. The minimum atomic E-state index is -4.54. The Morgan fingerprint density at radius 1 is 1.36 bits per heavy atom. The number of phenols is 1. The number of hydrogen-bond donors (Lipinski definition) is 1. The minimum absolute atomic E-state index is 0.155. The first kappa shape index (κ1) is 11.2. The van der Waals surface area contributed by atoms with E-state index in [0.717, 1.165) is 19.2 Å². The summed E-state index contributed by atoms with van der Waals surface area (Å²) < 4.78 is 41.7. The lowest BCUT2D eigenvalue weighted by Gasteiger charge is -2.13. The Morgan fingerprint density at radius 2 is 1.93 bits per heavy atom. The summed E-state index contributed by atoms with van der Waals surface area (Å²) in [4.78, 5) is 0. The third-order valence-electron chi connectivity index (χ3n) is 1.59. The number of ether oxygens (including phenoxy) is 1. The molecule has 1 aromatic carbocycles. The van der Waals surface area contributed by atoms with Gasteiger partial charge in [0.05, 0.1) is 11.6 Å². The van der Waals surface area contributed by atoms with Crippen molar-refractivity contribution >= 4 is 15.9 Å². The fraction of sp³-hybridized carbons (Fsp3) is 0.250. The van der Waals surface area contributed by atoms with Crippen LogP contribution in [0.25, 0.3) is 0 Å². The van der Waals surface area contributed by atoms with Gasteiger partial charge in [0.2, 0.25) is 0 Å². The number of methoxy groups -OCH3 is 1. The topological polar surface area (TPSA) is 29.5 Å². The molecule has 0 aromatic heterocycles. The van der Waals surface area contributed by atoms with E-state index in [9.17, 15) is 18.3 Å². The van der Waals surface area contributed by atoms with Gasteiger partial charge in [-0.1, -0.05) is 0 Å². The number of halogens is 4. The summed E-state index contributed by atoms with van der Waals surface area (Å²) in [6, 6.07) is 1.95. The van der Waals surface area contributed by atoms with E-state index in [4.69, 9.17) is 0 Å². The number of aromatic hydroxyl groups is 1. The SMILES string of the molecule is COc1c(C(F)(F)F)ccc(Br)c1O. The molecule has 0 spiro atoms. The maximum Gasteiger partial charge on any atom is 0.420 e. The van der Waals surface area contributed by atoms with E-state index in [0.29, 0.717) is 0 Å². The summed E-state index contributed by atoms with van der Waals surface area (Å²) in [5.74, 6) is -1.13. The normalized spacial score (nSPS) is 11.5. The summed E-state index contributed by atoms with van der Waals surface area (Å²) in [6.45, 7) is 0. The summed E-state index contributed by atoms with van der Waals surface area (Å²) in [5.41, 5.74) is -0.999. The van der Waals surface area contributed by atoms with Gasteiger partial charge >= 0.3 is 6.18 Å². The molecule has 0 amide bonds. The van der Waals surface area contributed by atoms with Crippen LogP contribution in [0.3, 0.4) is 0 Å². The lowest BCUT2D eigenvalue weighted by Crippen LogP contribution is -2.07. The fourth-order valence-corrected chi connectivity index (χ4v) is 1.29. The predicted octanol–water partition coefficient (Wildman–Crippen LogP) is 3.18. The van der Waals surface area contributed by atoms with E-state index < -0.39 is 23.2 Å². The van der Waals surface area contributed by atoms with Crippen LogP contribution in [-0.2, 0) is 6.18 Å². The fourth-order valence-electron chi connectivity index (χ4n) is 0.977. The molecule has 0 fully saturated rings. The van der Waals surface area contributed by atoms with Crippen LogP contribution in [0.4, 0.5) is 13.2 Å². The Kier molecular flexibility index (Phi) is 2.94. The van der Waals surface area contributed by atoms with Gasteiger partial charge in [0.25, 0.3) is 0 Å². The third kappa shape index (κ3) is 1.95. The lowest BCUT2D eigenvalue weighted by atomic mass is 10.2. The van der Waals surface area contributed by atoms with Crippen molar-refractivity contribution in [2.45, 2.75) is 6.18 Å². The van der Waals surface area contributed by atoms with Crippen molar-refractivity contribution in [3.05, 3.63) is 22.2 Å². The number of hydrogen-bond acceptors (Lipinski definition) is 2. The van der Waals surface area contributed by atoms with Gasteiger partial charge in [-0.25, -0.2) is 0 Å². The molecule has 0 saturated carbocycles. The highest BCUT2D eigenvalue weighted by molar-refractivity contribution is 9.10. The largest absolute Gasteiger partial charge is 0.503 e. The molecule has 1 rings (SSSR count). The van der Waals surface area contributed by atoms with Crippen molar-refractivity contribution in [3.63, 3.8) is 0 Å². The van der Waals surface area contributed by atoms with Crippen LogP contribution in [0.2, 0.25) is 0 Å². The predicted molar refractivity (Wildman–Crippen MR) is 47.4 cm³/mol. The molecule has 0 aliphatic rings. The minimum Gasteiger partial charge on any atom is -0.503 e. The molecular formula is C8H6BrF3O2. The zero-order valence-electron chi connectivity index (χ0n) is 7.02. The molecule has 1 aromatic rings. The van der Waals surface area contributed by atoms with Gasteiger partial charge in [-0.2, -0.15) is 13.2 Å². The molecule has 0 radical (unpaired) electrons. The highest BCUT2D eigenvalue weighted by atomic mass is 79.9. The molecular weight excluding hydrogens is 265 g/mol. The van der Waals surface area contributed by atoms with Crippen molar-refractivity contribution in [2.24, 2.45) is 0 Å². The van der Waals surface area contributed by atoms with Gasteiger partial charge in [-0.3, -0.25) is 0 Å². The number of benzene rings is 1. The molecule has 1 N–H and O–H groups in total. The maximum atomic E-state index is 12.3. The van der Waals surface area contributed by atoms with Crippen LogP contribution < -0.4 is 4.74 Å². The van der Waals surface area contributed by atoms with Crippen LogP contribution >= 0.6 is 15.9 Å². The molecule has 0 saturated heterocycles. The number of rotatable bonds is 1. The zero-order chi connectivity index (χ0) is 10.9. The van der Waals surface area contributed by atoms with Crippen LogP contribution in [0.5, 0.6) is 11.5 Å². The second-order valence-electron chi connectivity index (χ2n) is 2.47. The van der Waals surface area contributed by atoms with Crippen molar-refractivity contribution in [1.29, 1.82) is 0 Å². The van der Waals surface area contributed by atoms with E-state index in [1.54, 1.807) is 0 Å². The van der Waals surface area contributed by atoms with Gasteiger partial charge in [0.1, 0.15) is 5.56 Å². The monoisotopic (exact) mass is 270 g/mol. The molecule has 0 atom stereocenters. The molecule has 0 aliphatic carbocycles. The van der Waals surface area contributed by atoms with Crippen LogP contribution in [0, 0.1) is 0 Å². The Morgan fingerprint density at radius 3 is 2.36 bits per heavy atom. The molecule has 0 heterocycles. The Bertz CT molecular complexity index is 349. The smallest absolute Gasteiger partial charge is 0.420 e. The molecule has 0 bridgehead atoms. The van der Waals surface area contributed by atoms with Gasteiger partial charge in [-0.05, 0) is 28.1 Å². The Balaban J connectivity index is 3.39. The summed E-state index contributed by atoms with van der Waals surface area (Å²) in [5, 5.41) is 9.27. The van der Waals surface area contributed by atoms with Crippen molar-refractivity contribution in [1.82, 2.24) is 0 Å². The highest BCUT2D eigenvalue weighted by Crippen LogP contribution is 2.44. The molecule has 2 nitrogen and oxygen atoms in total. The van der Waals surface area contributed by atoms with Crippen LogP contribution in [-0.4, -0.2) is 12.2 Å². The number of phenolic OH excluding ortho intramolecular Hbond substituents is 1. The standard InChI is InChI=1S/C8H6BrF3O2/c1-14-7-4(8(10,11)12)2-3-5(9)6(7)13/h2-3,13H,1H3. The Hall–Kier alpha value is -0.910. The third-order valence-corrected chi connectivity index (χ3v) is 2.23. The van der Waals surface area contributed by atoms with E-state index >= 15 is 0 Å². The molecule has 6 heteroatoms. The van der Waals surface area contributed by atoms with Crippen molar-refractivity contribution in [3.8, 4) is 11.5 Å². The Labute approximate surface area is 86.4 Å². The maximum absolute atomic E-state index is 12.3. The second kappa shape index (κ2) is 3.68. The van der Waals surface area contributed by atoms with E-state index in [1.807, 2.05) is 0 Å². The molecule has 14 heavy (non-hydrogen) atoms. The van der Waals surface area contributed by atoms with Crippen LogP contribution in [0.15, 0.2) is 16.6 Å². The lowest BCUT2D eigenvalue weighted by molar-refractivity contribution is -0.138. The molecule has 78 valence electrons. The average molecular weight is 271 g/mol. The summed E-state index contributed by atoms with van der Waals surface area (Å²) >= 11 is 2.89. The summed E-state index contributed by atoms with van der Waals surface area (Å²) in [6.07, 6.45) is -4.54. The number of alkyl halides is 3. The van der Waals surface area contributed by atoms with Crippen molar-refractivity contribution in [2.75, 3.05) is 7.11 Å². The molecule has 0 unspecified atom stereocenters. The molecule has 0 aliphatic heterocycles. The first-order chi connectivity index (χ1) is 6.38. The van der Waals surface area contributed by atoms with E-state index in [-0.39, 0.29) is 4.47 Å². The van der Waals surface area contributed by atoms with Gasteiger partial charge in [0.15, 0.2) is 11.5 Å². The van der Waals surface area contributed by atoms with E-state index in [1.165, 1.54) is 0 Å². The van der Waals surface area contributed by atoms with Crippen LogP contribution in [0.1, 0.15) is 5.56 Å². The first-order valence-corrected chi connectivity index (χ1v) is 4.30. The van der Waals surface area contributed by atoms with Crippen molar-refractivity contribution < 1.29 is 23.0 Å². The quantitative estimate of drug-likeness (QED) is 0.850. The zero-order valence-corrected chi connectivity index (χ0v) is 8.61. The average Bonchev–Trinajstić information content (AvgIpc) is 2.07. The second-order valence-corrected chi connectivity index (χ2v) is 3.33. The van der Waals surface area contributed by atoms with Gasteiger partial charge < -0.3 is 9.84 Å². The summed E-state index contributed by atoms with van der Waals surface area (Å²) in [7, 11) is 1.07. The van der Waals surface area contributed by atoms with Gasteiger partial charge in [-0.15, -0.1) is 0 Å². The van der Waals surface area contributed by atoms with E-state index in [2.05, 4.69) is 20.7 Å². The van der Waals surface area contributed by atoms with Gasteiger partial charge in [0, 0.05) is 0 Å².